The molecule has 2 amide bonds. The van der Waals surface area contributed by atoms with Crippen LogP contribution in [0.4, 0.5) is 11.4 Å². The Bertz CT molecular complexity index is 1100. The van der Waals surface area contributed by atoms with Crippen LogP contribution in [0.3, 0.4) is 0 Å². The Labute approximate surface area is 172 Å². The Kier molecular flexibility index (Phi) is 4.79. The number of halogens is 1. The molecule has 6 heteroatoms. The molecule has 2 aromatic carbocycles. The van der Waals surface area contributed by atoms with E-state index in [1.807, 2.05) is 55.6 Å². The number of rotatable bonds is 4. The highest BCUT2D eigenvalue weighted by Gasteiger charge is 2.41. The summed E-state index contributed by atoms with van der Waals surface area (Å²) in [7, 11) is 0. The van der Waals surface area contributed by atoms with Crippen molar-refractivity contribution in [2.75, 3.05) is 10.2 Å². The van der Waals surface area contributed by atoms with Gasteiger partial charge in [-0.2, -0.15) is 0 Å². The van der Waals surface area contributed by atoms with Crippen LogP contribution in [0.2, 0.25) is 5.02 Å². The van der Waals surface area contributed by atoms with Gasteiger partial charge < -0.3 is 5.32 Å². The van der Waals surface area contributed by atoms with Gasteiger partial charge in [-0.15, -0.1) is 11.3 Å². The van der Waals surface area contributed by atoms with Crippen LogP contribution in [0, 0.1) is 13.8 Å². The lowest BCUT2D eigenvalue weighted by molar-refractivity contribution is -0.120. The first kappa shape index (κ1) is 18.5. The number of imide groups is 1. The third-order valence-corrected chi connectivity index (χ3v) is 5.69. The van der Waals surface area contributed by atoms with E-state index in [4.69, 9.17) is 11.6 Å². The van der Waals surface area contributed by atoms with Crippen molar-refractivity contribution in [2.45, 2.75) is 13.8 Å². The first-order valence-corrected chi connectivity index (χ1v) is 9.98. The van der Waals surface area contributed by atoms with Gasteiger partial charge in [0.05, 0.1) is 11.3 Å². The molecule has 1 aromatic heterocycles. The van der Waals surface area contributed by atoms with Crippen molar-refractivity contribution < 1.29 is 9.59 Å². The standard InChI is InChI=1S/C22H17ClN2O2S/c1-13-5-8-16(9-6-13)24-20-19(18-4-3-11-28-18)21(26)25(22(20)27)17-10-7-15(23)12-14(17)2/h3-12,24H,1-2H3. The molecule has 0 saturated carbocycles. The third kappa shape index (κ3) is 3.23. The van der Waals surface area contributed by atoms with Crippen molar-refractivity contribution in [3.05, 3.63) is 86.7 Å². The van der Waals surface area contributed by atoms with Crippen LogP contribution in [0.15, 0.2) is 65.7 Å². The molecule has 0 fully saturated rings. The molecule has 0 radical (unpaired) electrons. The largest absolute Gasteiger partial charge is 0.350 e. The number of carbonyl (C=O) groups excluding carboxylic acids is 2. The highest BCUT2D eigenvalue weighted by Crippen LogP contribution is 2.37. The van der Waals surface area contributed by atoms with E-state index in [0.717, 1.165) is 21.7 Å². The molecule has 4 nitrogen and oxygen atoms in total. The molecular formula is C22H17ClN2O2S. The Morgan fingerprint density at radius 1 is 0.964 bits per heavy atom. The number of amides is 2. The lowest BCUT2D eigenvalue weighted by atomic mass is 10.1. The number of carbonyl (C=O) groups is 2. The molecule has 0 spiro atoms. The molecule has 2 heterocycles. The van der Waals surface area contributed by atoms with Gasteiger partial charge in [-0.05, 0) is 61.2 Å². The summed E-state index contributed by atoms with van der Waals surface area (Å²) in [6.07, 6.45) is 0. The highest BCUT2D eigenvalue weighted by atomic mass is 35.5. The number of hydrogen-bond acceptors (Lipinski definition) is 4. The van der Waals surface area contributed by atoms with Gasteiger partial charge in [0.15, 0.2) is 0 Å². The number of thiophene rings is 1. The Morgan fingerprint density at radius 3 is 2.36 bits per heavy atom. The van der Waals surface area contributed by atoms with Gasteiger partial charge in [0, 0.05) is 15.6 Å². The van der Waals surface area contributed by atoms with E-state index in [9.17, 15) is 9.59 Å². The number of nitrogens with zero attached hydrogens (tertiary/aromatic N) is 1. The smallest absolute Gasteiger partial charge is 0.282 e. The predicted molar refractivity (Wildman–Crippen MR) is 115 cm³/mol. The van der Waals surface area contributed by atoms with Gasteiger partial charge in [0.2, 0.25) is 0 Å². The Morgan fingerprint density at radius 2 is 1.71 bits per heavy atom. The molecule has 1 aliphatic heterocycles. The van der Waals surface area contributed by atoms with Crippen molar-refractivity contribution in [1.82, 2.24) is 0 Å². The van der Waals surface area contributed by atoms with Crippen molar-refractivity contribution in [1.29, 1.82) is 0 Å². The fraction of sp³-hybridized carbons (Fsp3) is 0.0909. The van der Waals surface area contributed by atoms with Gasteiger partial charge >= 0.3 is 0 Å². The Balaban J connectivity index is 1.80. The zero-order valence-corrected chi connectivity index (χ0v) is 16.9. The fourth-order valence-electron chi connectivity index (χ4n) is 3.16. The zero-order valence-electron chi connectivity index (χ0n) is 15.3. The van der Waals surface area contributed by atoms with E-state index in [2.05, 4.69) is 5.32 Å². The van der Waals surface area contributed by atoms with Crippen LogP contribution >= 0.6 is 22.9 Å². The summed E-state index contributed by atoms with van der Waals surface area (Å²) in [5.74, 6) is -0.716. The quantitative estimate of drug-likeness (QED) is 0.587. The number of nitrogens with one attached hydrogen (secondary N) is 1. The molecule has 28 heavy (non-hydrogen) atoms. The number of anilines is 2. The van der Waals surface area contributed by atoms with Crippen LogP contribution < -0.4 is 10.2 Å². The maximum absolute atomic E-state index is 13.3. The lowest BCUT2D eigenvalue weighted by Gasteiger charge is -2.18. The van der Waals surface area contributed by atoms with Crippen molar-refractivity contribution in [2.24, 2.45) is 0 Å². The summed E-state index contributed by atoms with van der Waals surface area (Å²) in [6.45, 7) is 3.83. The van der Waals surface area contributed by atoms with E-state index >= 15 is 0 Å². The summed E-state index contributed by atoms with van der Waals surface area (Å²) in [5, 5.41) is 5.61. The van der Waals surface area contributed by atoms with Gasteiger partial charge in [-0.1, -0.05) is 35.4 Å². The van der Waals surface area contributed by atoms with Crippen LogP contribution in [0.25, 0.3) is 5.57 Å². The second-order valence-electron chi connectivity index (χ2n) is 6.59. The minimum absolute atomic E-state index is 0.283. The molecule has 0 saturated heterocycles. The average Bonchev–Trinajstić information content (AvgIpc) is 3.25. The molecule has 1 aliphatic rings. The summed E-state index contributed by atoms with van der Waals surface area (Å²) in [5.41, 5.74) is 3.83. The van der Waals surface area contributed by atoms with Crippen LogP contribution in [0.1, 0.15) is 16.0 Å². The van der Waals surface area contributed by atoms with E-state index in [-0.39, 0.29) is 17.5 Å². The van der Waals surface area contributed by atoms with Crippen LogP contribution in [-0.4, -0.2) is 11.8 Å². The van der Waals surface area contributed by atoms with Gasteiger partial charge in [-0.25, -0.2) is 4.90 Å². The molecule has 140 valence electrons. The summed E-state index contributed by atoms with van der Waals surface area (Å²) >= 11 is 7.47. The average molecular weight is 409 g/mol. The number of benzene rings is 2. The van der Waals surface area contributed by atoms with Crippen LogP contribution in [-0.2, 0) is 9.59 Å². The fourth-order valence-corrected chi connectivity index (χ4v) is 4.16. The number of aryl methyl sites for hydroxylation is 2. The van der Waals surface area contributed by atoms with Crippen molar-refractivity contribution in [3.8, 4) is 0 Å². The first-order valence-electron chi connectivity index (χ1n) is 8.72. The van der Waals surface area contributed by atoms with E-state index < -0.39 is 0 Å². The number of hydrogen-bond donors (Lipinski definition) is 1. The SMILES string of the molecule is Cc1ccc(NC2=C(c3cccs3)C(=O)N(c3ccc(Cl)cc3C)C2=O)cc1. The Hall–Kier alpha value is -2.89. The molecule has 0 atom stereocenters. The molecule has 0 aliphatic carbocycles. The molecule has 0 bridgehead atoms. The monoisotopic (exact) mass is 408 g/mol. The maximum Gasteiger partial charge on any atom is 0.282 e. The first-order chi connectivity index (χ1) is 13.5. The van der Waals surface area contributed by atoms with Crippen molar-refractivity contribution in [3.63, 3.8) is 0 Å². The van der Waals surface area contributed by atoms with E-state index in [1.165, 1.54) is 16.2 Å². The van der Waals surface area contributed by atoms with E-state index in [0.29, 0.717) is 16.3 Å². The minimum atomic E-state index is -0.376. The summed E-state index contributed by atoms with van der Waals surface area (Å²) in [6, 6.07) is 16.5. The topological polar surface area (TPSA) is 49.4 Å². The predicted octanol–water partition coefficient (Wildman–Crippen LogP) is 5.41. The second-order valence-corrected chi connectivity index (χ2v) is 7.98. The normalized spacial score (nSPS) is 14.2. The van der Waals surface area contributed by atoms with Crippen molar-refractivity contribution >= 4 is 51.7 Å². The highest BCUT2D eigenvalue weighted by molar-refractivity contribution is 7.11. The molecule has 4 rings (SSSR count). The molecule has 0 unspecified atom stereocenters. The molecule has 3 aromatic rings. The summed E-state index contributed by atoms with van der Waals surface area (Å²) < 4.78 is 0. The molecule has 1 N–H and O–H groups in total. The summed E-state index contributed by atoms with van der Waals surface area (Å²) in [4.78, 5) is 28.5. The van der Waals surface area contributed by atoms with Crippen LogP contribution in [0.5, 0.6) is 0 Å². The van der Waals surface area contributed by atoms with Gasteiger partial charge in [0.25, 0.3) is 11.8 Å². The third-order valence-electron chi connectivity index (χ3n) is 4.57. The lowest BCUT2D eigenvalue weighted by Crippen LogP contribution is -2.32. The zero-order chi connectivity index (χ0) is 19.8. The van der Waals surface area contributed by atoms with Gasteiger partial charge in [0.1, 0.15) is 5.70 Å². The maximum atomic E-state index is 13.3. The van der Waals surface area contributed by atoms with Gasteiger partial charge in [-0.3, -0.25) is 9.59 Å². The minimum Gasteiger partial charge on any atom is -0.350 e. The molecular weight excluding hydrogens is 392 g/mol. The second kappa shape index (κ2) is 7.26. The van der Waals surface area contributed by atoms with E-state index in [1.54, 1.807) is 18.2 Å².